The lowest BCUT2D eigenvalue weighted by atomic mass is 10.1. The van der Waals surface area contributed by atoms with E-state index in [0.29, 0.717) is 0 Å². The molecule has 0 aliphatic carbocycles. The summed E-state index contributed by atoms with van der Waals surface area (Å²) in [6.45, 7) is 6.39. The lowest BCUT2D eigenvalue weighted by Gasteiger charge is -2.24. The van der Waals surface area contributed by atoms with E-state index in [1.165, 1.54) is 116 Å². The number of anilines is 1. The van der Waals surface area contributed by atoms with Crippen LogP contribution in [0.2, 0.25) is 0 Å². The predicted molar refractivity (Wildman–Crippen MR) is 149 cm³/mol. The number of para-hydroxylation sites is 2. The van der Waals surface area contributed by atoms with Crippen LogP contribution in [0, 0.1) is 10.1 Å². The molecule has 34 heavy (non-hydrogen) atoms. The predicted octanol–water partition coefficient (Wildman–Crippen LogP) is 10.2. The molecule has 1 aromatic rings. The molecule has 4 nitrogen and oxygen atoms in total. The van der Waals surface area contributed by atoms with Crippen LogP contribution in [0.15, 0.2) is 24.3 Å². The van der Waals surface area contributed by atoms with E-state index in [9.17, 15) is 10.1 Å². The molecule has 0 saturated carbocycles. The first-order valence-corrected chi connectivity index (χ1v) is 14.7. The van der Waals surface area contributed by atoms with Gasteiger partial charge in [-0.05, 0) is 18.9 Å². The molecular formula is C30H54N2O2. The molecule has 0 unspecified atom stereocenters. The summed E-state index contributed by atoms with van der Waals surface area (Å²) < 4.78 is 0. The molecule has 0 saturated heterocycles. The minimum Gasteiger partial charge on any atom is -0.366 e. The first kappa shape index (κ1) is 30.5. The average molecular weight is 475 g/mol. The van der Waals surface area contributed by atoms with E-state index in [1.807, 2.05) is 12.1 Å². The summed E-state index contributed by atoms with van der Waals surface area (Å²) in [5.74, 6) is 0. The summed E-state index contributed by atoms with van der Waals surface area (Å²) in [5.41, 5.74) is 1.06. The van der Waals surface area contributed by atoms with Gasteiger partial charge in [0.05, 0.1) is 4.92 Å². The number of unbranched alkanes of at least 4 members (excludes halogenated alkanes) is 18. The van der Waals surface area contributed by atoms with E-state index >= 15 is 0 Å². The molecule has 0 atom stereocenters. The van der Waals surface area contributed by atoms with Gasteiger partial charge < -0.3 is 4.90 Å². The van der Waals surface area contributed by atoms with Crippen molar-refractivity contribution in [3.8, 4) is 0 Å². The molecule has 0 amide bonds. The second kappa shape index (κ2) is 21.9. The number of hydrogen-bond donors (Lipinski definition) is 0. The topological polar surface area (TPSA) is 46.4 Å². The fourth-order valence-electron chi connectivity index (χ4n) is 4.82. The zero-order chi connectivity index (χ0) is 24.7. The molecule has 196 valence electrons. The van der Waals surface area contributed by atoms with Gasteiger partial charge in [0.25, 0.3) is 5.69 Å². The van der Waals surface area contributed by atoms with Crippen molar-refractivity contribution < 1.29 is 4.92 Å². The number of nitro benzene ring substituents is 1. The van der Waals surface area contributed by atoms with Gasteiger partial charge in [-0.25, -0.2) is 0 Å². The van der Waals surface area contributed by atoms with E-state index < -0.39 is 0 Å². The van der Waals surface area contributed by atoms with Crippen LogP contribution in [0.1, 0.15) is 142 Å². The second-order valence-corrected chi connectivity index (χ2v) is 10.1. The number of benzene rings is 1. The maximum atomic E-state index is 11.6. The highest BCUT2D eigenvalue weighted by Crippen LogP contribution is 2.28. The quantitative estimate of drug-likeness (QED) is 0.0850. The molecule has 0 aliphatic rings. The third-order valence-electron chi connectivity index (χ3n) is 6.98. The third-order valence-corrected chi connectivity index (χ3v) is 6.98. The molecular weight excluding hydrogens is 420 g/mol. The minimum absolute atomic E-state index is 0.223. The van der Waals surface area contributed by atoms with E-state index in [2.05, 4.69) is 18.7 Å². The van der Waals surface area contributed by atoms with Crippen molar-refractivity contribution in [2.45, 2.75) is 142 Å². The second-order valence-electron chi connectivity index (χ2n) is 10.1. The Bertz CT molecular complexity index is 581. The zero-order valence-electron chi connectivity index (χ0n) is 22.6. The van der Waals surface area contributed by atoms with Gasteiger partial charge in [0.15, 0.2) is 0 Å². The van der Waals surface area contributed by atoms with Crippen LogP contribution in [-0.2, 0) is 0 Å². The molecule has 0 fully saturated rings. The molecule has 0 radical (unpaired) electrons. The highest BCUT2D eigenvalue weighted by molar-refractivity contribution is 5.63. The molecule has 0 spiro atoms. The van der Waals surface area contributed by atoms with Crippen molar-refractivity contribution in [3.63, 3.8) is 0 Å². The normalized spacial score (nSPS) is 11.1. The van der Waals surface area contributed by atoms with E-state index in [1.54, 1.807) is 12.1 Å². The maximum absolute atomic E-state index is 11.6. The Morgan fingerprint density at radius 3 is 1.32 bits per heavy atom. The molecule has 1 aromatic carbocycles. The number of rotatable bonds is 24. The van der Waals surface area contributed by atoms with Gasteiger partial charge in [0, 0.05) is 19.2 Å². The molecule has 1 rings (SSSR count). The Kier molecular flexibility index (Phi) is 19.6. The average Bonchev–Trinajstić information content (AvgIpc) is 2.85. The maximum Gasteiger partial charge on any atom is 0.292 e. The summed E-state index contributed by atoms with van der Waals surface area (Å²) in [6, 6.07) is 7.30. The highest BCUT2D eigenvalue weighted by Gasteiger charge is 2.18. The van der Waals surface area contributed by atoms with Crippen LogP contribution >= 0.6 is 0 Å². The first-order chi connectivity index (χ1) is 16.7. The largest absolute Gasteiger partial charge is 0.366 e. The Morgan fingerprint density at radius 1 is 0.588 bits per heavy atom. The van der Waals surface area contributed by atoms with Crippen LogP contribution in [0.5, 0.6) is 0 Å². The van der Waals surface area contributed by atoms with E-state index in [-0.39, 0.29) is 10.6 Å². The standard InChI is InChI=1S/C30H54N2O2/c1-3-5-7-9-11-13-15-17-19-23-27-31(29-25-21-22-26-30(29)32(33)34)28-24-20-18-16-14-12-10-8-6-4-2/h21-22,25-26H,3-20,23-24,27-28H2,1-2H3. The molecule has 0 heterocycles. The van der Waals surface area contributed by atoms with Gasteiger partial charge in [-0.15, -0.1) is 0 Å². The lowest BCUT2D eigenvalue weighted by Crippen LogP contribution is -2.26. The SMILES string of the molecule is CCCCCCCCCCCCN(CCCCCCCCCCCC)c1ccccc1[N+](=O)[O-]. The summed E-state index contributed by atoms with van der Waals surface area (Å²) in [7, 11) is 0. The molecule has 0 aliphatic heterocycles. The van der Waals surface area contributed by atoms with Crippen molar-refractivity contribution in [1.82, 2.24) is 0 Å². The van der Waals surface area contributed by atoms with Crippen LogP contribution in [0.4, 0.5) is 11.4 Å². The Hall–Kier alpha value is -1.58. The molecule has 0 bridgehead atoms. The Balaban J connectivity index is 2.33. The zero-order valence-corrected chi connectivity index (χ0v) is 22.6. The van der Waals surface area contributed by atoms with Gasteiger partial charge >= 0.3 is 0 Å². The van der Waals surface area contributed by atoms with Crippen molar-refractivity contribution in [3.05, 3.63) is 34.4 Å². The van der Waals surface area contributed by atoms with E-state index in [4.69, 9.17) is 0 Å². The van der Waals surface area contributed by atoms with Gasteiger partial charge in [-0.3, -0.25) is 10.1 Å². The lowest BCUT2D eigenvalue weighted by molar-refractivity contribution is -0.384. The number of hydrogen-bond acceptors (Lipinski definition) is 3. The first-order valence-electron chi connectivity index (χ1n) is 14.7. The van der Waals surface area contributed by atoms with Gasteiger partial charge in [0.1, 0.15) is 5.69 Å². The highest BCUT2D eigenvalue weighted by atomic mass is 16.6. The van der Waals surface area contributed by atoms with Crippen LogP contribution < -0.4 is 4.90 Å². The van der Waals surface area contributed by atoms with Crippen LogP contribution in [-0.4, -0.2) is 18.0 Å². The summed E-state index contributed by atoms with van der Waals surface area (Å²) in [5, 5.41) is 11.6. The van der Waals surface area contributed by atoms with Crippen molar-refractivity contribution in [1.29, 1.82) is 0 Å². The van der Waals surface area contributed by atoms with Crippen molar-refractivity contribution in [2.75, 3.05) is 18.0 Å². The Morgan fingerprint density at radius 2 is 0.941 bits per heavy atom. The third kappa shape index (κ3) is 15.3. The summed E-state index contributed by atoms with van der Waals surface area (Å²) >= 11 is 0. The van der Waals surface area contributed by atoms with Crippen molar-refractivity contribution >= 4 is 11.4 Å². The minimum atomic E-state index is -0.223. The smallest absolute Gasteiger partial charge is 0.292 e. The molecule has 0 N–H and O–H groups in total. The van der Waals surface area contributed by atoms with Crippen LogP contribution in [0.25, 0.3) is 0 Å². The van der Waals surface area contributed by atoms with Crippen LogP contribution in [0.3, 0.4) is 0 Å². The monoisotopic (exact) mass is 474 g/mol. The van der Waals surface area contributed by atoms with Crippen molar-refractivity contribution in [2.24, 2.45) is 0 Å². The Labute approximate surface area is 211 Å². The fourth-order valence-corrected chi connectivity index (χ4v) is 4.82. The van der Waals surface area contributed by atoms with Gasteiger partial charge in [-0.2, -0.15) is 0 Å². The number of nitro groups is 1. The summed E-state index contributed by atoms with van der Waals surface area (Å²) in [4.78, 5) is 13.7. The molecule has 4 heteroatoms. The van der Waals surface area contributed by atoms with E-state index in [0.717, 1.165) is 31.6 Å². The van der Waals surface area contributed by atoms with Gasteiger partial charge in [-0.1, -0.05) is 142 Å². The fraction of sp³-hybridized carbons (Fsp3) is 0.800. The summed E-state index contributed by atoms with van der Waals surface area (Å²) in [6.07, 6.45) is 26.3. The van der Waals surface area contributed by atoms with Gasteiger partial charge in [0.2, 0.25) is 0 Å². The molecule has 0 aromatic heterocycles. The number of nitrogens with zero attached hydrogens (tertiary/aromatic N) is 2.